The molecule has 2 rings (SSSR count). The van der Waals surface area contributed by atoms with E-state index in [2.05, 4.69) is 35.0 Å². The Bertz CT molecular complexity index is 475. The number of hydrogen-bond acceptors (Lipinski definition) is 2. The van der Waals surface area contributed by atoms with E-state index in [-0.39, 0.29) is 0 Å². The van der Waals surface area contributed by atoms with Crippen molar-refractivity contribution in [2.75, 3.05) is 0 Å². The first-order valence-corrected chi connectivity index (χ1v) is 7.36. The lowest BCUT2D eigenvalue weighted by Crippen LogP contribution is -2.01. The molecule has 2 aromatic rings. The molecule has 0 amide bonds. The quantitative estimate of drug-likeness (QED) is 0.890. The highest BCUT2D eigenvalue weighted by Crippen LogP contribution is 2.28. The van der Waals surface area contributed by atoms with Gasteiger partial charge in [0.1, 0.15) is 0 Å². The number of aliphatic hydroxyl groups excluding tert-OH is 1. The Hall–Kier alpha value is -0.640. The number of aryl methyl sites for hydroxylation is 1. The normalized spacial score (nSPS) is 12.6. The molecule has 1 atom stereocenters. The van der Waals surface area contributed by atoms with E-state index < -0.39 is 6.10 Å². The molecule has 1 unspecified atom stereocenters. The number of halogens is 1. The summed E-state index contributed by atoms with van der Waals surface area (Å²) in [5.41, 5.74) is 2.29. The summed E-state index contributed by atoms with van der Waals surface area (Å²) in [5.74, 6) is 0. The molecule has 1 N–H and O–H groups in total. The van der Waals surface area contributed by atoms with Gasteiger partial charge >= 0.3 is 0 Å². The van der Waals surface area contributed by atoms with Crippen LogP contribution in [0.15, 0.2) is 40.2 Å². The summed E-state index contributed by atoms with van der Waals surface area (Å²) in [6.07, 6.45) is 1.28. The first-order valence-electron chi connectivity index (χ1n) is 5.69. The molecule has 0 aliphatic rings. The fourth-order valence-electron chi connectivity index (χ4n) is 1.74. The summed E-state index contributed by atoms with van der Waals surface area (Å²) in [6, 6.07) is 10.2. The van der Waals surface area contributed by atoms with Gasteiger partial charge in [0.25, 0.3) is 0 Å². The first kappa shape index (κ1) is 12.8. The highest BCUT2D eigenvalue weighted by Gasteiger charge is 2.11. The van der Waals surface area contributed by atoms with Crippen molar-refractivity contribution in [1.29, 1.82) is 0 Å². The number of hydrogen-bond donors (Lipinski definition) is 1. The lowest BCUT2D eigenvalue weighted by atomic mass is 10.0. The lowest BCUT2D eigenvalue weighted by molar-refractivity contribution is 0.179. The zero-order valence-electron chi connectivity index (χ0n) is 9.69. The minimum Gasteiger partial charge on any atom is -0.388 e. The molecule has 1 aromatic heterocycles. The molecule has 0 fully saturated rings. The van der Waals surface area contributed by atoms with E-state index in [0.717, 1.165) is 16.5 Å². The zero-order valence-corrected chi connectivity index (χ0v) is 12.1. The monoisotopic (exact) mass is 310 g/mol. The van der Waals surface area contributed by atoms with E-state index in [4.69, 9.17) is 0 Å². The second kappa shape index (κ2) is 5.80. The van der Waals surface area contributed by atoms with Crippen LogP contribution in [0.3, 0.4) is 0 Å². The topological polar surface area (TPSA) is 20.2 Å². The zero-order chi connectivity index (χ0) is 12.3. The van der Waals surface area contributed by atoms with Crippen LogP contribution in [0, 0.1) is 0 Å². The van der Waals surface area contributed by atoms with Crippen molar-refractivity contribution in [2.24, 2.45) is 0 Å². The van der Waals surface area contributed by atoms with Crippen LogP contribution >= 0.6 is 27.3 Å². The van der Waals surface area contributed by atoms with E-state index >= 15 is 0 Å². The van der Waals surface area contributed by atoms with E-state index in [1.165, 1.54) is 10.4 Å². The van der Waals surface area contributed by atoms with Gasteiger partial charge in [-0.2, -0.15) is 0 Å². The summed E-state index contributed by atoms with van der Waals surface area (Å²) in [7, 11) is 0. The molecule has 0 spiro atoms. The summed E-state index contributed by atoms with van der Waals surface area (Å²) in [6.45, 7) is 2.13. The maximum absolute atomic E-state index is 10.2. The number of aliphatic hydroxyl groups is 1. The summed E-state index contributed by atoms with van der Waals surface area (Å²) < 4.78 is 1.09. The molecule has 90 valence electrons. The standard InChI is InChI=1S/C14H15BrOS/c1-2-10-3-5-11(6-4-10)13(16)9-14-12(15)7-8-17-14/h3-8,13,16H,2,9H2,1H3. The van der Waals surface area contributed by atoms with Crippen LogP contribution in [0.1, 0.15) is 29.0 Å². The molecule has 0 saturated carbocycles. The van der Waals surface area contributed by atoms with Crippen LogP contribution in [0.5, 0.6) is 0 Å². The third-order valence-electron chi connectivity index (χ3n) is 2.84. The Balaban J connectivity index is 2.09. The minimum atomic E-state index is -0.421. The van der Waals surface area contributed by atoms with Gasteiger partial charge in [-0.05, 0) is 44.9 Å². The summed E-state index contributed by atoms with van der Waals surface area (Å²) in [5, 5.41) is 12.2. The molecule has 0 bridgehead atoms. The molecule has 0 radical (unpaired) electrons. The molecular weight excluding hydrogens is 296 g/mol. The number of thiophene rings is 1. The Morgan fingerprint density at radius 3 is 2.47 bits per heavy atom. The van der Waals surface area contributed by atoms with Crippen LogP contribution in [-0.2, 0) is 12.8 Å². The Kier molecular flexibility index (Phi) is 4.37. The third-order valence-corrected chi connectivity index (χ3v) is 4.79. The Labute approximate surface area is 114 Å². The van der Waals surface area contributed by atoms with E-state index in [9.17, 15) is 5.11 Å². The second-order valence-electron chi connectivity index (χ2n) is 4.01. The molecular formula is C14H15BrOS. The summed E-state index contributed by atoms with van der Waals surface area (Å²) >= 11 is 5.16. The van der Waals surface area contributed by atoms with Gasteiger partial charge in [-0.25, -0.2) is 0 Å². The second-order valence-corrected chi connectivity index (χ2v) is 5.86. The van der Waals surface area contributed by atoms with Crippen molar-refractivity contribution in [1.82, 2.24) is 0 Å². The van der Waals surface area contributed by atoms with E-state index in [1.807, 2.05) is 23.6 Å². The van der Waals surface area contributed by atoms with Crippen molar-refractivity contribution < 1.29 is 5.11 Å². The maximum Gasteiger partial charge on any atom is 0.0838 e. The number of benzene rings is 1. The third kappa shape index (κ3) is 3.18. The lowest BCUT2D eigenvalue weighted by Gasteiger charge is -2.10. The van der Waals surface area contributed by atoms with Gasteiger partial charge < -0.3 is 5.11 Å². The van der Waals surface area contributed by atoms with Crippen molar-refractivity contribution >= 4 is 27.3 Å². The molecule has 1 nitrogen and oxygen atoms in total. The van der Waals surface area contributed by atoms with Crippen LogP contribution in [0.4, 0.5) is 0 Å². The highest BCUT2D eigenvalue weighted by molar-refractivity contribution is 9.10. The van der Waals surface area contributed by atoms with Gasteiger partial charge in [0, 0.05) is 15.8 Å². The van der Waals surface area contributed by atoms with E-state index in [0.29, 0.717) is 6.42 Å². The van der Waals surface area contributed by atoms with E-state index in [1.54, 1.807) is 11.3 Å². The predicted molar refractivity (Wildman–Crippen MR) is 76.5 cm³/mol. The average molecular weight is 311 g/mol. The molecule has 3 heteroatoms. The average Bonchev–Trinajstić information content (AvgIpc) is 2.75. The van der Waals surface area contributed by atoms with Crippen LogP contribution in [0.25, 0.3) is 0 Å². The van der Waals surface area contributed by atoms with Crippen molar-refractivity contribution in [3.05, 3.63) is 56.2 Å². The smallest absolute Gasteiger partial charge is 0.0838 e. The largest absolute Gasteiger partial charge is 0.388 e. The van der Waals surface area contributed by atoms with Crippen LogP contribution in [0.2, 0.25) is 0 Å². The van der Waals surface area contributed by atoms with Crippen molar-refractivity contribution in [3.8, 4) is 0 Å². The van der Waals surface area contributed by atoms with Gasteiger partial charge in [-0.1, -0.05) is 31.2 Å². The first-order chi connectivity index (χ1) is 8.20. The van der Waals surface area contributed by atoms with Gasteiger partial charge in [-0.3, -0.25) is 0 Å². The summed E-state index contributed by atoms with van der Waals surface area (Å²) in [4.78, 5) is 1.19. The Morgan fingerprint density at radius 2 is 1.94 bits per heavy atom. The van der Waals surface area contributed by atoms with Crippen LogP contribution < -0.4 is 0 Å². The van der Waals surface area contributed by atoms with Gasteiger partial charge in [0.05, 0.1) is 6.10 Å². The number of rotatable bonds is 4. The molecule has 1 aromatic carbocycles. The maximum atomic E-state index is 10.2. The highest BCUT2D eigenvalue weighted by atomic mass is 79.9. The molecule has 17 heavy (non-hydrogen) atoms. The van der Waals surface area contributed by atoms with Gasteiger partial charge in [0.15, 0.2) is 0 Å². The van der Waals surface area contributed by atoms with Crippen molar-refractivity contribution in [3.63, 3.8) is 0 Å². The fourth-order valence-corrected chi connectivity index (χ4v) is 3.29. The molecule has 1 heterocycles. The molecule has 0 aliphatic heterocycles. The minimum absolute atomic E-state index is 0.421. The molecule has 0 aliphatic carbocycles. The Morgan fingerprint density at radius 1 is 1.24 bits per heavy atom. The fraction of sp³-hybridized carbons (Fsp3) is 0.286. The molecule has 0 saturated heterocycles. The van der Waals surface area contributed by atoms with Crippen molar-refractivity contribution in [2.45, 2.75) is 25.9 Å². The predicted octanol–water partition coefficient (Wildman–Crippen LogP) is 4.35. The van der Waals surface area contributed by atoms with Gasteiger partial charge in [-0.15, -0.1) is 11.3 Å². The van der Waals surface area contributed by atoms with Crippen LogP contribution in [-0.4, -0.2) is 5.11 Å². The van der Waals surface area contributed by atoms with Gasteiger partial charge in [0.2, 0.25) is 0 Å². The SMILES string of the molecule is CCc1ccc(C(O)Cc2sccc2Br)cc1.